The van der Waals surface area contributed by atoms with Crippen LogP contribution >= 0.6 is 11.6 Å². The number of rotatable bonds is 3. The number of methoxy groups -OCH3 is 1. The lowest BCUT2D eigenvalue weighted by Crippen LogP contribution is -2.05. The summed E-state index contributed by atoms with van der Waals surface area (Å²) in [6, 6.07) is 10.4. The van der Waals surface area contributed by atoms with Crippen LogP contribution in [-0.4, -0.2) is 13.1 Å². The van der Waals surface area contributed by atoms with Crippen LogP contribution < -0.4 is 10.5 Å². The molecular weight excluding hydrogens is 278 g/mol. The molecule has 5 heteroatoms. The third kappa shape index (κ3) is 2.86. The molecule has 0 radical (unpaired) electrons. The summed E-state index contributed by atoms with van der Waals surface area (Å²) in [5.41, 5.74) is 7.19. The Morgan fingerprint density at radius 2 is 1.95 bits per heavy atom. The van der Waals surface area contributed by atoms with Gasteiger partial charge in [-0.15, -0.1) is 0 Å². The molecule has 2 aromatic carbocycles. The lowest BCUT2D eigenvalue weighted by molar-refractivity contribution is 0.0598. The van der Waals surface area contributed by atoms with Crippen molar-refractivity contribution in [3.8, 4) is 11.5 Å². The number of nitrogens with two attached hydrogens (primary N) is 1. The Kier molecular flexibility index (Phi) is 4.15. The molecule has 2 aromatic rings. The number of para-hydroxylation sites is 1. The van der Waals surface area contributed by atoms with Crippen LogP contribution in [-0.2, 0) is 4.74 Å². The summed E-state index contributed by atoms with van der Waals surface area (Å²) >= 11 is 6.13. The molecule has 0 bridgehead atoms. The van der Waals surface area contributed by atoms with Gasteiger partial charge < -0.3 is 15.2 Å². The highest BCUT2D eigenvalue weighted by molar-refractivity contribution is 6.33. The van der Waals surface area contributed by atoms with E-state index in [1.54, 1.807) is 6.07 Å². The van der Waals surface area contributed by atoms with Crippen LogP contribution in [0.15, 0.2) is 36.4 Å². The number of nitrogen functional groups attached to an aromatic ring is 1. The molecule has 4 nitrogen and oxygen atoms in total. The van der Waals surface area contributed by atoms with Crippen molar-refractivity contribution in [2.75, 3.05) is 12.8 Å². The molecule has 20 heavy (non-hydrogen) atoms. The van der Waals surface area contributed by atoms with Gasteiger partial charge in [-0.25, -0.2) is 4.79 Å². The minimum absolute atomic E-state index is 0.195. The topological polar surface area (TPSA) is 61.5 Å². The Labute approximate surface area is 122 Å². The number of ether oxygens (including phenoxy) is 2. The highest BCUT2D eigenvalue weighted by Crippen LogP contribution is 2.36. The largest absolute Gasteiger partial charge is 0.465 e. The fourth-order valence-corrected chi connectivity index (χ4v) is 2.03. The molecule has 0 saturated heterocycles. The monoisotopic (exact) mass is 291 g/mol. The molecule has 2 N–H and O–H groups in total. The Morgan fingerprint density at radius 3 is 2.60 bits per heavy atom. The number of aryl methyl sites for hydroxylation is 1. The molecule has 0 unspecified atom stereocenters. The fourth-order valence-electron chi connectivity index (χ4n) is 1.76. The van der Waals surface area contributed by atoms with E-state index in [0.29, 0.717) is 11.4 Å². The van der Waals surface area contributed by atoms with Gasteiger partial charge in [0.2, 0.25) is 0 Å². The van der Waals surface area contributed by atoms with Crippen molar-refractivity contribution >= 4 is 23.3 Å². The van der Waals surface area contributed by atoms with Gasteiger partial charge in [-0.3, -0.25) is 0 Å². The van der Waals surface area contributed by atoms with Gasteiger partial charge in [0.25, 0.3) is 0 Å². The average molecular weight is 292 g/mol. The summed E-state index contributed by atoms with van der Waals surface area (Å²) in [5.74, 6) is 0.300. The van der Waals surface area contributed by atoms with E-state index >= 15 is 0 Å². The zero-order valence-corrected chi connectivity index (χ0v) is 11.9. The molecule has 0 aliphatic rings. The summed E-state index contributed by atoms with van der Waals surface area (Å²) < 4.78 is 10.5. The summed E-state index contributed by atoms with van der Waals surface area (Å²) in [5, 5.41) is 0.258. The van der Waals surface area contributed by atoms with Crippen molar-refractivity contribution in [3.05, 3.63) is 52.5 Å². The summed E-state index contributed by atoms with van der Waals surface area (Å²) in [6.07, 6.45) is 0. The number of anilines is 1. The van der Waals surface area contributed by atoms with E-state index in [-0.39, 0.29) is 16.3 Å². The number of benzene rings is 2. The summed E-state index contributed by atoms with van der Waals surface area (Å²) in [6.45, 7) is 1.90. The second kappa shape index (κ2) is 5.84. The van der Waals surface area contributed by atoms with Gasteiger partial charge >= 0.3 is 5.97 Å². The van der Waals surface area contributed by atoms with E-state index < -0.39 is 5.97 Å². The zero-order chi connectivity index (χ0) is 14.7. The van der Waals surface area contributed by atoms with Gasteiger partial charge in [-0.2, -0.15) is 0 Å². The van der Waals surface area contributed by atoms with E-state index in [2.05, 4.69) is 0 Å². The highest BCUT2D eigenvalue weighted by atomic mass is 35.5. The molecule has 0 saturated carbocycles. The lowest BCUT2D eigenvalue weighted by Gasteiger charge is -2.14. The first-order chi connectivity index (χ1) is 9.52. The first-order valence-corrected chi connectivity index (χ1v) is 6.31. The minimum atomic E-state index is -0.553. The third-order valence-electron chi connectivity index (χ3n) is 2.78. The second-order valence-corrected chi connectivity index (χ2v) is 4.65. The van der Waals surface area contributed by atoms with Crippen molar-refractivity contribution in [2.24, 2.45) is 0 Å². The smallest absolute Gasteiger partial charge is 0.341 e. The van der Waals surface area contributed by atoms with Crippen LogP contribution in [0, 0.1) is 6.92 Å². The first kappa shape index (κ1) is 14.2. The summed E-state index contributed by atoms with van der Waals surface area (Å²) in [4.78, 5) is 11.8. The fraction of sp³-hybridized carbons (Fsp3) is 0.133. The molecule has 0 amide bonds. The van der Waals surface area contributed by atoms with Gasteiger partial charge in [0.1, 0.15) is 11.3 Å². The maximum Gasteiger partial charge on any atom is 0.341 e. The Hall–Kier alpha value is -2.20. The molecular formula is C15H14ClNO3. The maximum absolute atomic E-state index is 11.8. The van der Waals surface area contributed by atoms with Crippen LogP contribution in [0.5, 0.6) is 11.5 Å². The SMILES string of the molecule is COC(=O)c1cc(N)cc(Cl)c1Oc1ccccc1C. The predicted molar refractivity (Wildman–Crippen MR) is 78.5 cm³/mol. The van der Waals surface area contributed by atoms with Gasteiger partial charge in [-0.1, -0.05) is 29.8 Å². The van der Waals surface area contributed by atoms with Crippen molar-refractivity contribution in [1.29, 1.82) is 0 Å². The standard InChI is InChI=1S/C15H14ClNO3/c1-9-5-3-4-6-13(9)20-14-11(15(18)19-2)7-10(17)8-12(14)16/h3-8H,17H2,1-2H3. The van der Waals surface area contributed by atoms with Crippen molar-refractivity contribution in [1.82, 2.24) is 0 Å². The molecule has 0 fully saturated rings. The van der Waals surface area contributed by atoms with E-state index in [1.165, 1.54) is 19.2 Å². The molecule has 2 rings (SSSR count). The van der Waals surface area contributed by atoms with Gasteiger partial charge in [0.05, 0.1) is 12.1 Å². The van der Waals surface area contributed by atoms with Crippen molar-refractivity contribution in [2.45, 2.75) is 6.92 Å². The van der Waals surface area contributed by atoms with Gasteiger partial charge in [0.15, 0.2) is 5.75 Å². The minimum Gasteiger partial charge on any atom is -0.465 e. The van der Waals surface area contributed by atoms with Gasteiger partial charge in [-0.05, 0) is 30.7 Å². The number of hydrogen-bond acceptors (Lipinski definition) is 4. The number of carbonyl (C=O) groups is 1. The van der Waals surface area contributed by atoms with Crippen LogP contribution in [0.2, 0.25) is 5.02 Å². The summed E-state index contributed by atoms with van der Waals surface area (Å²) in [7, 11) is 1.29. The van der Waals surface area contributed by atoms with E-state index in [9.17, 15) is 4.79 Å². The highest BCUT2D eigenvalue weighted by Gasteiger charge is 2.18. The normalized spacial score (nSPS) is 10.2. The van der Waals surface area contributed by atoms with E-state index in [0.717, 1.165) is 5.56 Å². The molecule has 0 aliphatic heterocycles. The van der Waals surface area contributed by atoms with Gasteiger partial charge in [0, 0.05) is 5.69 Å². The average Bonchev–Trinajstić information content (AvgIpc) is 2.42. The molecule has 0 atom stereocenters. The zero-order valence-electron chi connectivity index (χ0n) is 11.1. The number of halogens is 1. The third-order valence-corrected chi connectivity index (χ3v) is 3.06. The molecule has 104 valence electrons. The Morgan fingerprint density at radius 1 is 1.25 bits per heavy atom. The van der Waals surface area contributed by atoms with E-state index in [1.807, 2.05) is 25.1 Å². The quantitative estimate of drug-likeness (QED) is 0.690. The first-order valence-electron chi connectivity index (χ1n) is 5.93. The number of hydrogen-bond donors (Lipinski definition) is 1. The van der Waals surface area contributed by atoms with Crippen molar-refractivity contribution < 1.29 is 14.3 Å². The second-order valence-electron chi connectivity index (χ2n) is 4.24. The predicted octanol–water partition coefficient (Wildman–Crippen LogP) is 3.81. The number of carbonyl (C=O) groups excluding carboxylic acids is 1. The lowest BCUT2D eigenvalue weighted by atomic mass is 10.1. The van der Waals surface area contributed by atoms with Crippen LogP contribution in [0.25, 0.3) is 0 Å². The molecule has 0 aliphatic carbocycles. The number of esters is 1. The van der Waals surface area contributed by atoms with Crippen LogP contribution in [0.4, 0.5) is 5.69 Å². The Balaban J connectivity index is 2.50. The Bertz CT molecular complexity index is 656. The van der Waals surface area contributed by atoms with Crippen LogP contribution in [0.1, 0.15) is 15.9 Å². The van der Waals surface area contributed by atoms with Crippen LogP contribution in [0.3, 0.4) is 0 Å². The molecule has 0 heterocycles. The molecule has 0 aromatic heterocycles. The molecule has 0 spiro atoms. The maximum atomic E-state index is 11.8. The van der Waals surface area contributed by atoms with Crippen molar-refractivity contribution in [3.63, 3.8) is 0 Å². The van der Waals surface area contributed by atoms with E-state index in [4.69, 9.17) is 26.8 Å².